The van der Waals surface area contributed by atoms with Crippen LogP contribution in [-0.4, -0.2) is 7.85 Å². The summed E-state index contributed by atoms with van der Waals surface area (Å²) in [5.41, 5.74) is 8.44. The van der Waals surface area contributed by atoms with E-state index in [0.717, 1.165) is 11.4 Å². The summed E-state index contributed by atoms with van der Waals surface area (Å²) >= 11 is 0. The number of hydrogen-bond donors (Lipinski definition) is 1. The Hall–Kier alpha value is -3.78. The van der Waals surface area contributed by atoms with E-state index >= 15 is 0 Å². The Morgan fingerprint density at radius 3 is 1.60 bits per heavy atom. The van der Waals surface area contributed by atoms with Gasteiger partial charge in [0, 0.05) is 16.8 Å². The van der Waals surface area contributed by atoms with Crippen LogP contribution in [0.3, 0.4) is 0 Å². The molecule has 0 aromatic heterocycles. The van der Waals surface area contributed by atoms with Gasteiger partial charge in [0.1, 0.15) is 7.85 Å². The smallest absolute Gasteiger partial charge is 0.139 e. The third-order valence-corrected chi connectivity index (χ3v) is 5.56. The van der Waals surface area contributed by atoms with Crippen molar-refractivity contribution in [3.63, 3.8) is 0 Å². The highest BCUT2D eigenvalue weighted by Crippen LogP contribution is 2.29. The third kappa shape index (κ3) is 3.73. The van der Waals surface area contributed by atoms with E-state index in [2.05, 4.69) is 128 Å². The van der Waals surface area contributed by atoms with E-state index in [-0.39, 0.29) is 0 Å². The maximum absolute atomic E-state index is 3.56. The minimum atomic E-state index is 1.09. The van der Waals surface area contributed by atoms with Gasteiger partial charge in [-0.1, -0.05) is 103 Å². The van der Waals surface area contributed by atoms with Crippen molar-refractivity contribution in [3.05, 3.63) is 115 Å². The fourth-order valence-electron chi connectivity index (χ4n) is 3.84. The molecule has 0 bridgehead atoms. The van der Waals surface area contributed by atoms with E-state index in [1.54, 1.807) is 0 Å². The van der Waals surface area contributed by atoms with E-state index in [1.165, 1.54) is 38.5 Å². The largest absolute Gasteiger partial charge is 0.355 e. The molecule has 0 unspecified atom stereocenters. The van der Waals surface area contributed by atoms with E-state index in [1.807, 2.05) is 0 Å². The molecule has 0 aliphatic rings. The van der Waals surface area contributed by atoms with Gasteiger partial charge in [-0.25, -0.2) is 0 Å². The standard InChI is InChI=1S/C28H22BN/c29-25-16-12-22(13-17-25)20-8-10-21(11-9-20)23-14-18-26(19-15-23)30-28-7-3-5-24-4-1-2-6-27(24)28/h1-19,30H,29H2. The number of benzene rings is 5. The normalized spacial score (nSPS) is 10.8. The summed E-state index contributed by atoms with van der Waals surface area (Å²) in [6.07, 6.45) is 0. The second-order valence-corrected chi connectivity index (χ2v) is 7.67. The molecule has 142 valence electrons. The molecule has 0 atom stereocenters. The molecule has 0 saturated heterocycles. The van der Waals surface area contributed by atoms with Gasteiger partial charge < -0.3 is 5.32 Å². The minimum Gasteiger partial charge on any atom is -0.355 e. The second-order valence-electron chi connectivity index (χ2n) is 7.67. The maximum Gasteiger partial charge on any atom is 0.139 e. The van der Waals surface area contributed by atoms with Crippen LogP contribution in [0, 0.1) is 0 Å². The van der Waals surface area contributed by atoms with Gasteiger partial charge in [-0.3, -0.25) is 0 Å². The van der Waals surface area contributed by atoms with Crippen molar-refractivity contribution in [3.8, 4) is 22.3 Å². The summed E-state index contributed by atoms with van der Waals surface area (Å²) in [5, 5.41) is 6.04. The van der Waals surface area contributed by atoms with Gasteiger partial charge in [-0.15, -0.1) is 0 Å². The predicted octanol–water partition coefficient (Wildman–Crippen LogP) is 6.18. The zero-order valence-corrected chi connectivity index (χ0v) is 17.0. The van der Waals surface area contributed by atoms with Gasteiger partial charge >= 0.3 is 0 Å². The fourth-order valence-corrected chi connectivity index (χ4v) is 3.84. The first-order valence-electron chi connectivity index (χ1n) is 10.3. The summed E-state index contributed by atoms with van der Waals surface area (Å²) in [6.45, 7) is 0. The second kappa shape index (κ2) is 7.92. The Kier molecular flexibility index (Phi) is 4.82. The first kappa shape index (κ1) is 18.3. The van der Waals surface area contributed by atoms with E-state index in [0.29, 0.717) is 0 Å². The molecule has 0 spiro atoms. The summed E-state index contributed by atoms with van der Waals surface area (Å²) in [4.78, 5) is 0. The number of hydrogen-bond acceptors (Lipinski definition) is 1. The SMILES string of the molecule is Bc1ccc(-c2ccc(-c3ccc(Nc4cccc5ccccc45)cc3)cc2)cc1. The summed E-state index contributed by atoms with van der Waals surface area (Å²) in [7, 11) is 2.12. The first-order chi connectivity index (χ1) is 14.8. The zero-order chi connectivity index (χ0) is 20.3. The molecular weight excluding hydrogens is 361 g/mol. The molecule has 0 aliphatic carbocycles. The van der Waals surface area contributed by atoms with Crippen molar-refractivity contribution in [1.29, 1.82) is 0 Å². The summed E-state index contributed by atoms with van der Waals surface area (Å²) in [6, 6.07) is 40.9. The van der Waals surface area contributed by atoms with Crippen molar-refractivity contribution in [1.82, 2.24) is 0 Å². The van der Waals surface area contributed by atoms with Crippen LogP contribution in [0.1, 0.15) is 0 Å². The molecule has 0 radical (unpaired) electrons. The van der Waals surface area contributed by atoms with Crippen LogP contribution in [-0.2, 0) is 0 Å². The lowest BCUT2D eigenvalue weighted by Gasteiger charge is -2.11. The van der Waals surface area contributed by atoms with E-state index < -0.39 is 0 Å². The van der Waals surface area contributed by atoms with Crippen LogP contribution in [0.4, 0.5) is 11.4 Å². The van der Waals surface area contributed by atoms with Crippen molar-refractivity contribution >= 4 is 35.5 Å². The van der Waals surface area contributed by atoms with Gasteiger partial charge in [-0.05, 0) is 45.8 Å². The lowest BCUT2D eigenvalue weighted by Crippen LogP contribution is -1.99. The molecule has 1 nitrogen and oxygen atoms in total. The Bertz CT molecular complexity index is 1280. The molecule has 0 saturated carbocycles. The highest BCUT2D eigenvalue weighted by molar-refractivity contribution is 6.32. The van der Waals surface area contributed by atoms with Crippen LogP contribution in [0.5, 0.6) is 0 Å². The highest BCUT2D eigenvalue weighted by Gasteiger charge is 2.03. The van der Waals surface area contributed by atoms with Crippen LogP contribution in [0.25, 0.3) is 33.0 Å². The van der Waals surface area contributed by atoms with Gasteiger partial charge in [0.2, 0.25) is 0 Å². The van der Waals surface area contributed by atoms with Gasteiger partial charge in [0.15, 0.2) is 0 Å². The van der Waals surface area contributed by atoms with Crippen molar-refractivity contribution < 1.29 is 0 Å². The Morgan fingerprint density at radius 1 is 0.467 bits per heavy atom. The van der Waals surface area contributed by atoms with Crippen LogP contribution < -0.4 is 10.8 Å². The average Bonchev–Trinajstić information content (AvgIpc) is 2.81. The number of nitrogens with one attached hydrogen (secondary N) is 1. The predicted molar refractivity (Wildman–Crippen MR) is 133 cm³/mol. The molecular formula is C28H22BN. The maximum atomic E-state index is 3.56. The lowest BCUT2D eigenvalue weighted by atomic mass is 9.93. The zero-order valence-electron chi connectivity index (χ0n) is 17.0. The number of fused-ring (bicyclic) bond motifs is 1. The molecule has 0 heterocycles. The topological polar surface area (TPSA) is 12.0 Å². The third-order valence-electron chi connectivity index (χ3n) is 5.56. The number of anilines is 2. The monoisotopic (exact) mass is 383 g/mol. The molecule has 5 aromatic carbocycles. The Labute approximate surface area is 178 Å². The van der Waals surface area contributed by atoms with Crippen LogP contribution in [0.15, 0.2) is 115 Å². The van der Waals surface area contributed by atoms with Crippen LogP contribution >= 0.6 is 0 Å². The van der Waals surface area contributed by atoms with Gasteiger partial charge in [0.05, 0.1) is 0 Å². The molecule has 0 aliphatic heterocycles. The van der Waals surface area contributed by atoms with Crippen LogP contribution in [0.2, 0.25) is 0 Å². The summed E-state index contributed by atoms with van der Waals surface area (Å²) < 4.78 is 0. The van der Waals surface area contributed by atoms with Crippen molar-refractivity contribution in [2.45, 2.75) is 0 Å². The molecule has 2 heteroatoms. The molecule has 0 fully saturated rings. The molecule has 1 N–H and O–H groups in total. The van der Waals surface area contributed by atoms with Crippen molar-refractivity contribution in [2.75, 3.05) is 5.32 Å². The molecule has 5 aromatic rings. The fraction of sp³-hybridized carbons (Fsp3) is 0. The number of rotatable bonds is 4. The Balaban J connectivity index is 1.36. The highest BCUT2D eigenvalue weighted by atomic mass is 14.9. The minimum absolute atomic E-state index is 1.09. The quantitative estimate of drug-likeness (QED) is 0.366. The first-order valence-corrected chi connectivity index (χ1v) is 10.3. The summed E-state index contributed by atoms with van der Waals surface area (Å²) in [5.74, 6) is 0. The molecule has 30 heavy (non-hydrogen) atoms. The van der Waals surface area contributed by atoms with Gasteiger partial charge in [-0.2, -0.15) is 0 Å². The molecule has 5 rings (SSSR count). The molecule has 0 amide bonds. The van der Waals surface area contributed by atoms with Gasteiger partial charge in [0.25, 0.3) is 0 Å². The van der Waals surface area contributed by atoms with Crippen molar-refractivity contribution in [2.24, 2.45) is 0 Å². The average molecular weight is 383 g/mol. The van der Waals surface area contributed by atoms with E-state index in [4.69, 9.17) is 0 Å². The Morgan fingerprint density at radius 2 is 0.967 bits per heavy atom. The van der Waals surface area contributed by atoms with E-state index in [9.17, 15) is 0 Å². The lowest BCUT2D eigenvalue weighted by molar-refractivity contribution is 1.56.